The molecule has 0 spiro atoms. The van der Waals surface area contributed by atoms with Crippen molar-refractivity contribution >= 4 is 34.2 Å². The standard InChI is InChI=1S/C8H8INO2/c1-4-6(8(11)12)2-5(9)3-7(4)10/h2-3H,10H2,1H3,(H,11,12). The first kappa shape index (κ1) is 9.31. The molecule has 0 aliphatic rings. The van der Waals surface area contributed by atoms with Crippen molar-refractivity contribution in [2.45, 2.75) is 6.92 Å². The van der Waals surface area contributed by atoms with E-state index in [0.29, 0.717) is 11.3 Å². The van der Waals surface area contributed by atoms with Gasteiger partial charge in [-0.1, -0.05) is 0 Å². The fourth-order valence-electron chi connectivity index (χ4n) is 0.922. The molecule has 0 atom stereocenters. The van der Waals surface area contributed by atoms with Crippen LogP contribution in [0.5, 0.6) is 0 Å². The number of carboxylic acid groups (broad SMARTS) is 1. The lowest BCUT2D eigenvalue weighted by molar-refractivity contribution is 0.0696. The van der Waals surface area contributed by atoms with Crippen LogP contribution in [-0.4, -0.2) is 11.1 Å². The van der Waals surface area contributed by atoms with E-state index in [1.54, 1.807) is 19.1 Å². The number of nitrogens with two attached hydrogens (primary N) is 1. The van der Waals surface area contributed by atoms with Crippen molar-refractivity contribution in [3.63, 3.8) is 0 Å². The van der Waals surface area contributed by atoms with Crippen molar-refractivity contribution in [1.82, 2.24) is 0 Å². The molecule has 0 amide bonds. The lowest BCUT2D eigenvalue weighted by Crippen LogP contribution is -2.03. The van der Waals surface area contributed by atoms with Gasteiger partial charge < -0.3 is 10.8 Å². The molecule has 3 nitrogen and oxygen atoms in total. The highest BCUT2D eigenvalue weighted by Gasteiger charge is 2.09. The van der Waals surface area contributed by atoms with E-state index in [4.69, 9.17) is 10.8 Å². The normalized spacial score (nSPS) is 9.83. The largest absolute Gasteiger partial charge is 0.478 e. The average molecular weight is 277 g/mol. The number of aromatic carboxylic acids is 1. The molecule has 0 unspecified atom stereocenters. The summed E-state index contributed by atoms with van der Waals surface area (Å²) in [4.78, 5) is 10.7. The number of halogens is 1. The van der Waals surface area contributed by atoms with Crippen LogP contribution in [0.15, 0.2) is 12.1 Å². The van der Waals surface area contributed by atoms with Crippen LogP contribution < -0.4 is 5.73 Å². The van der Waals surface area contributed by atoms with Gasteiger partial charge in [0.15, 0.2) is 0 Å². The van der Waals surface area contributed by atoms with Crippen molar-refractivity contribution in [3.05, 3.63) is 26.8 Å². The Labute approximate surface area is 83.7 Å². The molecule has 64 valence electrons. The van der Waals surface area contributed by atoms with Gasteiger partial charge >= 0.3 is 5.97 Å². The van der Waals surface area contributed by atoms with Gasteiger partial charge in [-0.3, -0.25) is 0 Å². The highest BCUT2D eigenvalue weighted by molar-refractivity contribution is 14.1. The minimum absolute atomic E-state index is 0.277. The first-order chi connectivity index (χ1) is 5.52. The first-order valence-corrected chi connectivity index (χ1v) is 4.39. The van der Waals surface area contributed by atoms with Crippen molar-refractivity contribution in [2.75, 3.05) is 5.73 Å². The minimum Gasteiger partial charge on any atom is -0.478 e. The van der Waals surface area contributed by atoms with Crippen molar-refractivity contribution in [1.29, 1.82) is 0 Å². The maximum Gasteiger partial charge on any atom is 0.336 e. The average Bonchev–Trinajstić information content (AvgIpc) is 1.96. The van der Waals surface area contributed by atoms with Gasteiger partial charge in [-0.25, -0.2) is 4.79 Å². The van der Waals surface area contributed by atoms with E-state index < -0.39 is 5.97 Å². The summed E-state index contributed by atoms with van der Waals surface area (Å²) in [5.41, 5.74) is 7.02. The van der Waals surface area contributed by atoms with E-state index in [2.05, 4.69) is 0 Å². The number of nitrogen functional groups attached to an aromatic ring is 1. The molecule has 0 aliphatic heterocycles. The van der Waals surface area contributed by atoms with E-state index in [1.165, 1.54) is 0 Å². The summed E-state index contributed by atoms with van der Waals surface area (Å²) in [7, 11) is 0. The van der Waals surface area contributed by atoms with Crippen LogP contribution in [0.2, 0.25) is 0 Å². The van der Waals surface area contributed by atoms with Gasteiger partial charge in [0.05, 0.1) is 5.56 Å². The topological polar surface area (TPSA) is 63.3 Å². The Kier molecular flexibility index (Phi) is 2.56. The summed E-state index contributed by atoms with van der Waals surface area (Å²) in [5, 5.41) is 8.76. The molecule has 1 aromatic carbocycles. The van der Waals surface area contributed by atoms with Crippen LogP contribution in [0.1, 0.15) is 15.9 Å². The second-order valence-corrected chi connectivity index (χ2v) is 3.72. The Morgan fingerprint density at radius 3 is 2.67 bits per heavy atom. The van der Waals surface area contributed by atoms with Crippen LogP contribution >= 0.6 is 22.6 Å². The molecule has 0 aromatic heterocycles. The quantitative estimate of drug-likeness (QED) is 0.608. The lowest BCUT2D eigenvalue weighted by Gasteiger charge is -2.04. The minimum atomic E-state index is -0.933. The van der Waals surface area contributed by atoms with Crippen LogP contribution in [0.4, 0.5) is 5.69 Å². The zero-order valence-corrected chi connectivity index (χ0v) is 8.62. The van der Waals surface area contributed by atoms with E-state index >= 15 is 0 Å². The Bertz CT molecular complexity index is 336. The number of carbonyl (C=O) groups is 1. The maximum absolute atomic E-state index is 10.7. The van der Waals surface area contributed by atoms with Gasteiger partial charge in [0, 0.05) is 9.26 Å². The first-order valence-electron chi connectivity index (χ1n) is 3.31. The van der Waals surface area contributed by atoms with E-state index in [1.807, 2.05) is 22.6 Å². The van der Waals surface area contributed by atoms with Gasteiger partial charge in [0.1, 0.15) is 0 Å². The Hall–Kier alpha value is -0.780. The van der Waals surface area contributed by atoms with E-state index in [-0.39, 0.29) is 5.56 Å². The van der Waals surface area contributed by atoms with Gasteiger partial charge in [-0.2, -0.15) is 0 Å². The van der Waals surface area contributed by atoms with E-state index in [9.17, 15) is 4.79 Å². The monoisotopic (exact) mass is 277 g/mol. The molecule has 3 N–H and O–H groups in total. The molecular weight excluding hydrogens is 269 g/mol. The number of rotatable bonds is 1. The maximum atomic E-state index is 10.7. The fourth-order valence-corrected chi connectivity index (χ4v) is 1.57. The van der Waals surface area contributed by atoms with Gasteiger partial charge in [-0.05, 0) is 47.2 Å². The highest BCUT2D eigenvalue weighted by atomic mass is 127. The Morgan fingerprint density at radius 1 is 1.58 bits per heavy atom. The predicted octanol–water partition coefficient (Wildman–Crippen LogP) is 1.88. The third kappa shape index (κ3) is 1.69. The van der Waals surface area contributed by atoms with Crippen molar-refractivity contribution in [2.24, 2.45) is 0 Å². The van der Waals surface area contributed by atoms with Crippen molar-refractivity contribution in [3.8, 4) is 0 Å². The molecule has 0 fully saturated rings. The molecule has 0 saturated heterocycles. The molecule has 1 rings (SSSR count). The van der Waals surface area contributed by atoms with Crippen LogP contribution in [-0.2, 0) is 0 Å². The fraction of sp³-hybridized carbons (Fsp3) is 0.125. The van der Waals surface area contributed by atoms with Gasteiger partial charge in [0.25, 0.3) is 0 Å². The summed E-state index contributed by atoms with van der Waals surface area (Å²) in [6.07, 6.45) is 0. The molecule has 0 heterocycles. The van der Waals surface area contributed by atoms with Crippen LogP contribution in [0.25, 0.3) is 0 Å². The molecule has 4 heteroatoms. The second-order valence-electron chi connectivity index (χ2n) is 2.47. The molecular formula is C8H8INO2. The predicted molar refractivity (Wildman–Crippen MR) is 55.3 cm³/mol. The SMILES string of the molecule is Cc1c(N)cc(I)cc1C(=O)O. The molecule has 0 radical (unpaired) electrons. The zero-order chi connectivity index (χ0) is 9.30. The highest BCUT2D eigenvalue weighted by Crippen LogP contribution is 2.19. The molecule has 1 aromatic rings. The number of anilines is 1. The Balaban J connectivity index is 3.37. The van der Waals surface area contributed by atoms with Crippen LogP contribution in [0.3, 0.4) is 0 Å². The Morgan fingerprint density at radius 2 is 2.17 bits per heavy atom. The van der Waals surface area contributed by atoms with Crippen LogP contribution in [0, 0.1) is 10.5 Å². The molecule has 0 saturated carbocycles. The zero-order valence-electron chi connectivity index (χ0n) is 6.47. The molecule has 0 aliphatic carbocycles. The summed E-state index contributed by atoms with van der Waals surface area (Å²) >= 11 is 2.04. The molecule has 0 bridgehead atoms. The number of hydrogen-bond acceptors (Lipinski definition) is 2. The van der Waals surface area contributed by atoms with E-state index in [0.717, 1.165) is 3.57 Å². The summed E-state index contributed by atoms with van der Waals surface area (Å²) < 4.78 is 0.841. The van der Waals surface area contributed by atoms with Gasteiger partial charge in [0.2, 0.25) is 0 Å². The smallest absolute Gasteiger partial charge is 0.336 e. The third-order valence-electron chi connectivity index (χ3n) is 1.64. The molecule has 12 heavy (non-hydrogen) atoms. The van der Waals surface area contributed by atoms with Crippen molar-refractivity contribution < 1.29 is 9.90 Å². The lowest BCUT2D eigenvalue weighted by atomic mass is 10.1. The number of hydrogen-bond donors (Lipinski definition) is 2. The number of carboxylic acids is 1. The summed E-state index contributed by atoms with van der Waals surface area (Å²) in [5.74, 6) is -0.933. The van der Waals surface area contributed by atoms with Gasteiger partial charge in [-0.15, -0.1) is 0 Å². The second kappa shape index (κ2) is 3.30. The summed E-state index contributed by atoms with van der Waals surface area (Å²) in [6.45, 7) is 1.70. The number of benzene rings is 1. The third-order valence-corrected chi connectivity index (χ3v) is 2.27. The summed E-state index contributed by atoms with van der Waals surface area (Å²) in [6, 6.07) is 3.36.